The minimum Gasteiger partial charge on any atom is -0.370 e. The summed E-state index contributed by atoms with van der Waals surface area (Å²) in [4.78, 5) is 15.6. The molecule has 0 atom stereocenters. The number of hydrogen-bond acceptors (Lipinski definition) is 2. The number of carbonyl (C=O) groups is 1. The molecule has 5 heteroatoms. The molecule has 0 radical (unpaired) electrons. The molecule has 18 heavy (non-hydrogen) atoms. The molecule has 0 spiro atoms. The molecule has 1 fully saturated rings. The third-order valence-corrected chi connectivity index (χ3v) is 2.86. The fraction of sp³-hybridized carbons (Fsp3) is 0.846. The Balaban J connectivity index is 2.30. The molecule has 1 amide bonds. The zero-order chi connectivity index (χ0) is 13.6. The predicted octanol–water partition coefficient (Wildman–Crippen LogP) is 1.14. The average Bonchev–Trinajstić information content (AvgIpc) is 2.25. The predicted molar refractivity (Wildman–Crippen MR) is 74.4 cm³/mol. The summed E-state index contributed by atoms with van der Waals surface area (Å²) in [5.74, 6) is 0.279. The van der Waals surface area contributed by atoms with E-state index in [4.69, 9.17) is 5.73 Å². The van der Waals surface area contributed by atoms with Crippen molar-refractivity contribution in [2.24, 2.45) is 10.7 Å². The summed E-state index contributed by atoms with van der Waals surface area (Å²) >= 11 is 0. The van der Waals surface area contributed by atoms with Crippen molar-refractivity contribution in [2.75, 3.05) is 6.54 Å². The lowest BCUT2D eigenvalue weighted by Crippen LogP contribution is -2.44. The Morgan fingerprint density at radius 1 is 1.28 bits per heavy atom. The number of aliphatic imine (C=N–C) groups is 1. The standard InChI is InChI=1S/C13H26N4O/c1-13(2,3)17-11(18)9-15-12(14)16-10-7-5-4-6-8-10/h10H,4-9H2,1-3H3,(H,17,18)(H3,14,15,16). The van der Waals surface area contributed by atoms with E-state index >= 15 is 0 Å². The lowest BCUT2D eigenvalue weighted by atomic mass is 9.96. The first-order valence-electron chi connectivity index (χ1n) is 6.74. The Bertz CT molecular complexity index is 301. The topological polar surface area (TPSA) is 79.5 Å². The first kappa shape index (κ1) is 14.8. The van der Waals surface area contributed by atoms with Crippen LogP contribution in [0.4, 0.5) is 0 Å². The van der Waals surface area contributed by atoms with Crippen molar-refractivity contribution in [3.63, 3.8) is 0 Å². The Labute approximate surface area is 110 Å². The monoisotopic (exact) mass is 254 g/mol. The number of nitrogens with one attached hydrogen (secondary N) is 2. The van der Waals surface area contributed by atoms with Gasteiger partial charge in [-0.15, -0.1) is 0 Å². The molecule has 0 bridgehead atoms. The molecule has 0 aromatic carbocycles. The van der Waals surface area contributed by atoms with E-state index in [2.05, 4.69) is 15.6 Å². The van der Waals surface area contributed by atoms with Crippen molar-refractivity contribution in [1.29, 1.82) is 0 Å². The van der Waals surface area contributed by atoms with Gasteiger partial charge < -0.3 is 16.4 Å². The minimum absolute atomic E-state index is 0.0861. The van der Waals surface area contributed by atoms with E-state index in [0.717, 1.165) is 12.8 Å². The van der Waals surface area contributed by atoms with Crippen LogP contribution in [0.2, 0.25) is 0 Å². The number of hydrogen-bond donors (Lipinski definition) is 3. The van der Waals surface area contributed by atoms with Crippen LogP contribution in [0.15, 0.2) is 4.99 Å². The highest BCUT2D eigenvalue weighted by Gasteiger charge is 2.15. The molecule has 1 aliphatic rings. The molecule has 0 aromatic heterocycles. The third-order valence-electron chi connectivity index (χ3n) is 2.86. The van der Waals surface area contributed by atoms with Crippen LogP contribution in [0.3, 0.4) is 0 Å². The highest BCUT2D eigenvalue weighted by atomic mass is 16.2. The number of carbonyl (C=O) groups excluding carboxylic acids is 1. The second-order valence-corrected chi connectivity index (χ2v) is 5.98. The van der Waals surface area contributed by atoms with Crippen LogP contribution in [0.5, 0.6) is 0 Å². The fourth-order valence-corrected chi connectivity index (χ4v) is 2.12. The average molecular weight is 254 g/mol. The van der Waals surface area contributed by atoms with E-state index in [-0.39, 0.29) is 18.0 Å². The number of amides is 1. The van der Waals surface area contributed by atoms with E-state index in [1.54, 1.807) is 0 Å². The van der Waals surface area contributed by atoms with Crippen LogP contribution in [-0.4, -0.2) is 30.0 Å². The molecule has 0 aromatic rings. The lowest BCUT2D eigenvalue weighted by molar-refractivity contribution is -0.121. The first-order valence-corrected chi connectivity index (χ1v) is 6.74. The highest BCUT2D eigenvalue weighted by molar-refractivity contribution is 5.84. The number of rotatable bonds is 3. The molecule has 1 saturated carbocycles. The van der Waals surface area contributed by atoms with Crippen molar-refractivity contribution in [2.45, 2.75) is 64.5 Å². The van der Waals surface area contributed by atoms with Gasteiger partial charge in [0.15, 0.2) is 5.96 Å². The smallest absolute Gasteiger partial charge is 0.242 e. The lowest BCUT2D eigenvalue weighted by Gasteiger charge is -2.23. The summed E-state index contributed by atoms with van der Waals surface area (Å²) < 4.78 is 0. The zero-order valence-electron chi connectivity index (χ0n) is 11.8. The van der Waals surface area contributed by atoms with E-state index < -0.39 is 0 Å². The van der Waals surface area contributed by atoms with Gasteiger partial charge in [-0.2, -0.15) is 0 Å². The molecule has 1 aliphatic carbocycles. The molecular formula is C13H26N4O. The van der Waals surface area contributed by atoms with E-state index in [1.165, 1.54) is 19.3 Å². The molecule has 0 saturated heterocycles. The van der Waals surface area contributed by atoms with Crippen molar-refractivity contribution >= 4 is 11.9 Å². The van der Waals surface area contributed by atoms with Gasteiger partial charge in [0.25, 0.3) is 0 Å². The third kappa shape index (κ3) is 6.47. The van der Waals surface area contributed by atoms with Gasteiger partial charge in [0.05, 0.1) is 0 Å². The first-order chi connectivity index (χ1) is 8.37. The maximum Gasteiger partial charge on any atom is 0.242 e. The fourth-order valence-electron chi connectivity index (χ4n) is 2.12. The quantitative estimate of drug-likeness (QED) is 0.522. The highest BCUT2D eigenvalue weighted by Crippen LogP contribution is 2.16. The summed E-state index contributed by atoms with van der Waals surface area (Å²) in [6.07, 6.45) is 6.09. The van der Waals surface area contributed by atoms with Crippen LogP contribution < -0.4 is 16.4 Å². The number of nitrogens with two attached hydrogens (primary N) is 1. The summed E-state index contributed by atoms with van der Waals surface area (Å²) in [6.45, 7) is 5.91. The number of nitrogens with zero attached hydrogens (tertiary/aromatic N) is 1. The molecule has 5 nitrogen and oxygen atoms in total. The summed E-state index contributed by atoms with van der Waals surface area (Å²) in [6, 6.07) is 0.424. The molecule has 1 rings (SSSR count). The van der Waals surface area contributed by atoms with E-state index in [1.807, 2.05) is 20.8 Å². The van der Waals surface area contributed by atoms with Crippen molar-refractivity contribution in [3.8, 4) is 0 Å². The zero-order valence-corrected chi connectivity index (χ0v) is 11.8. The largest absolute Gasteiger partial charge is 0.370 e. The summed E-state index contributed by atoms with van der Waals surface area (Å²) in [7, 11) is 0. The molecule has 4 N–H and O–H groups in total. The summed E-state index contributed by atoms with van der Waals surface area (Å²) in [5, 5.41) is 6.03. The Kier molecular flexibility index (Phi) is 5.44. The van der Waals surface area contributed by atoms with Crippen molar-refractivity contribution in [3.05, 3.63) is 0 Å². The second kappa shape index (κ2) is 6.61. The van der Waals surface area contributed by atoms with Gasteiger partial charge in [-0.25, -0.2) is 4.99 Å². The van der Waals surface area contributed by atoms with Crippen LogP contribution in [0.1, 0.15) is 52.9 Å². The van der Waals surface area contributed by atoms with E-state index in [9.17, 15) is 4.79 Å². The molecular weight excluding hydrogens is 228 g/mol. The number of guanidine groups is 1. The van der Waals surface area contributed by atoms with Gasteiger partial charge in [0.1, 0.15) is 6.54 Å². The van der Waals surface area contributed by atoms with Gasteiger partial charge in [-0.3, -0.25) is 4.79 Å². The maximum atomic E-state index is 11.6. The SMILES string of the molecule is CC(C)(C)NC(=O)CN=C(N)NC1CCCCC1. The van der Waals surface area contributed by atoms with Gasteiger partial charge in [0, 0.05) is 11.6 Å². The summed E-state index contributed by atoms with van der Waals surface area (Å²) in [5.41, 5.74) is 5.55. The molecule has 104 valence electrons. The van der Waals surface area contributed by atoms with Gasteiger partial charge in [-0.05, 0) is 33.6 Å². The van der Waals surface area contributed by atoms with Crippen LogP contribution in [0.25, 0.3) is 0 Å². The van der Waals surface area contributed by atoms with Crippen LogP contribution in [0, 0.1) is 0 Å². The van der Waals surface area contributed by atoms with Crippen LogP contribution >= 0.6 is 0 Å². The van der Waals surface area contributed by atoms with Gasteiger partial charge in [0.2, 0.25) is 5.91 Å². The van der Waals surface area contributed by atoms with Gasteiger partial charge >= 0.3 is 0 Å². The Morgan fingerprint density at radius 2 is 1.89 bits per heavy atom. The Hall–Kier alpha value is -1.26. The van der Waals surface area contributed by atoms with Crippen molar-refractivity contribution in [1.82, 2.24) is 10.6 Å². The molecule has 0 unspecified atom stereocenters. The normalized spacial score (nSPS) is 18.5. The molecule has 0 aliphatic heterocycles. The maximum absolute atomic E-state index is 11.6. The Morgan fingerprint density at radius 3 is 2.44 bits per heavy atom. The van der Waals surface area contributed by atoms with Gasteiger partial charge in [-0.1, -0.05) is 19.3 Å². The second-order valence-electron chi connectivity index (χ2n) is 5.98. The molecule has 0 heterocycles. The van der Waals surface area contributed by atoms with Crippen LogP contribution in [-0.2, 0) is 4.79 Å². The van der Waals surface area contributed by atoms with Crippen molar-refractivity contribution < 1.29 is 4.79 Å². The van der Waals surface area contributed by atoms with E-state index in [0.29, 0.717) is 12.0 Å². The minimum atomic E-state index is -0.224.